The molecule has 0 aromatic heterocycles. The molecule has 0 radical (unpaired) electrons. The van der Waals surface area contributed by atoms with Gasteiger partial charge in [-0.2, -0.15) is 0 Å². The lowest BCUT2D eigenvalue weighted by Gasteiger charge is -2.22. The van der Waals surface area contributed by atoms with Gasteiger partial charge in [0.2, 0.25) is 0 Å². The molecular weight excluding hydrogens is 456 g/mol. The van der Waals surface area contributed by atoms with E-state index in [1.165, 1.54) is 22.3 Å². The Morgan fingerprint density at radius 2 is 1.84 bits per heavy atom. The van der Waals surface area contributed by atoms with Crippen molar-refractivity contribution in [3.05, 3.63) is 81.4 Å². The maximum atomic E-state index is 12.9. The molecule has 0 saturated carbocycles. The number of nitrogens with zero attached hydrogens (tertiary/aromatic N) is 2. The monoisotopic (exact) mass is 478 g/mol. The minimum absolute atomic E-state index is 0.0883. The first-order valence-electron chi connectivity index (χ1n) is 10.5. The molecule has 0 unspecified atom stereocenters. The van der Waals surface area contributed by atoms with E-state index in [9.17, 15) is 4.79 Å². The number of thiocarbonyl (C=S) groups is 1. The van der Waals surface area contributed by atoms with Gasteiger partial charge in [0.15, 0.2) is 0 Å². The van der Waals surface area contributed by atoms with E-state index in [0.717, 1.165) is 34.0 Å². The van der Waals surface area contributed by atoms with Gasteiger partial charge in [-0.15, -0.1) is 0 Å². The number of amides is 1. The molecule has 4 nitrogen and oxygen atoms in total. The molecule has 1 saturated heterocycles. The normalized spacial score (nSPS) is 21.1. The van der Waals surface area contributed by atoms with E-state index >= 15 is 0 Å². The number of likely N-dealkylation sites (N-methyl/N-ethyl adjacent to an activating group) is 1. The second kappa shape index (κ2) is 8.46. The van der Waals surface area contributed by atoms with Crippen molar-refractivity contribution in [2.75, 3.05) is 18.0 Å². The van der Waals surface area contributed by atoms with Crippen molar-refractivity contribution < 1.29 is 9.53 Å². The van der Waals surface area contributed by atoms with Gasteiger partial charge < -0.3 is 9.64 Å². The van der Waals surface area contributed by atoms with Gasteiger partial charge >= 0.3 is 0 Å². The predicted octanol–water partition coefficient (Wildman–Crippen LogP) is 6.34. The van der Waals surface area contributed by atoms with Gasteiger partial charge in [0.1, 0.15) is 20.7 Å². The van der Waals surface area contributed by atoms with Gasteiger partial charge in [-0.3, -0.25) is 9.69 Å². The number of ether oxygens (including phenoxy) is 1. The van der Waals surface area contributed by atoms with Crippen LogP contribution >= 0.6 is 35.7 Å². The molecule has 0 spiro atoms. The second-order valence-electron chi connectivity index (χ2n) is 7.61. The minimum Gasteiger partial charge on any atom is -0.455 e. The predicted molar refractivity (Wildman–Crippen MR) is 138 cm³/mol. The van der Waals surface area contributed by atoms with Gasteiger partial charge in [0.25, 0.3) is 5.91 Å². The Bertz CT molecular complexity index is 1250. The van der Waals surface area contributed by atoms with Crippen LogP contribution in [0.25, 0.3) is 5.57 Å². The van der Waals surface area contributed by atoms with Crippen molar-refractivity contribution >= 4 is 57.2 Å². The van der Waals surface area contributed by atoms with E-state index in [1.807, 2.05) is 26.0 Å². The molecule has 3 aliphatic heterocycles. The topological polar surface area (TPSA) is 32.8 Å². The van der Waals surface area contributed by atoms with Crippen LogP contribution in [0.4, 0.5) is 5.69 Å². The van der Waals surface area contributed by atoms with Crippen LogP contribution in [0.1, 0.15) is 25.0 Å². The zero-order valence-corrected chi connectivity index (χ0v) is 20.5. The molecule has 0 atom stereocenters. The number of allylic oxidation sites excluding steroid dienone is 3. The van der Waals surface area contributed by atoms with Crippen molar-refractivity contribution in [2.24, 2.45) is 0 Å². The Morgan fingerprint density at radius 3 is 2.59 bits per heavy atom. The number of benzene rings is 2. The first kappa shape index (κ1) is 21.4. The van der Waals surface area contributed by atoms with E-state index in [4.69, 9.17) is 17.0 Å². The van der Waals surface area contributed by atoms with Crippen molar-refractivity contribution in [1.82, 2.24) is 4.90 Å². The quantitative estimate of drug-likeness (QED) is 0.378. The Labute approximate surface area is 202 Å². The molecule has 5 rings (SSSR count). The smallest absolute Gasteiger partial charge is 0.269 e. The first-order valence-corrected chi connectivity index (χ1v) is 12.6. The summed E-state index contributed by atoms with van der Waals surface area (Å²) in [6, 6.07) is 14.7. The number of carbonyl (C=O) groups excluding carboxylic acids is 1. The Hall–Kier alpha value is -2.48. The number of rotatable bonds is 3. The van der Waals surface area contributed by atoms with E-state index in [2.05, 4.69) is 54.3 Å². The summed E-state index contributed by atoms with van der Waals surface area (Å²) in [5.41, 5.74) is 4.38. The van der Waals surface area contributed by atoms with E-state index in [0.29, 0.717) is 21.5 Å². The van der Waals surface area contributed by atoms with Crippen LogP contribution in [-0.4, -0.2) is 28.2 Å². The first-order chi connectivity index (χ1) is 15.5. The molecule has 1 amide bonds. The summed E-state index contributed by atoms with van der Waals surface area (Å²) in [4.78, 5) is 18.7. The van der Waals surface area contributed by atoms with Crippen LogP contribution in [0.15, 0.2) is 75.2 Å². The van der Waals surface area contributed by atoms with Gasteiger partial charge in [-0.1, -0.05) is 60.0 Å². The van der Waals surface area contributed by atoms with E-state index in [1.54, 1.807) is 16.7 Å². The number of hydrogen-bond donors (Lipinski definition) is 0. The minimum atomic E-state index is -0.0883. The van der Waals surface area contributed by atoms with Crippen LogP contribution in [0.2, 0.25) is 0 Å². The average Bonchev–Trinajstić information content (AvgIpc) is 3.28. The highest BCUT2D eigenvalue weighted by Gasteiger charge is 2.35. The van der Waals surface area contributed by atoms with E-state index < -0.39 is 0 Å². The molecule has 32 heavy (non-hydrogen) atoms. The summed E-state index contributed by atoms with van der Waals surface area (Å²) in [6.45, 7) is 7.56. The second-order valence-corrected chi connectivity index (χ2v) is 10.3. The zero-order valence-electron chi connectivity index (χ0n) is 18.0. The average molecular weight is 479 g/mol. The van der Waals surface area contributed by atoms with Crippen molar-refractivity contribution in [3.63, 3.8) is 0 Å². The summed E-state index contributed by atoms with van der Waals surface area (Å²) in [5, 5.41) is 1.16. The van der Waals surface area contributed by atoms with Crippen LogP contribution < -0.4 is 9.64 Å². The lowest BCUT2D eigenvalue weighted by atomic mass is 9.99. The molecule has 7 heteroatoms. The standard InChI is InChI=1S/C25H22N2O2S3/c1-4-26-18-8-6-7-9-21(18)31-22(26)14-16-13-20(23-24(28)27(5-2)25(30)32-23)29-19-12-15(3)10-11-17(16)19/h6-14H,4-5H2,1-3H3. The van der Waals surface area contributed by atoms with Gasteiger partial charge in [0.05, 0.1) is 10.7 Å². The SMILES string of the molecule is CCN1C(=O)C(=C2C=C(C=C3Sc4ccccc4N3CC)c3ccc(C)cc3O2)SC1=S. The molecule has 162 valence electrons. The molecule has 0 bridgehead atoms. The highest BCUT2D eigenvalue weighted by Crippen LogP contribution is 2.48. The molecule has 0 N–H and O–H groups in total. The number of thioether (sulfide) groups is 2. The largest absolute Gasteiger partial charge is 0.455 e. The van der Waals surface area contributed by atoms with Crippen LogP contribution in [-0.2, 0) is 4.79 Å². The summed E-state index contributed by atoms with van der Waals surface area (Å²) < 4.78 is 6.82. The van der Waals surface area contributed by atoms with Gasteiger partial charge in [-0.25, -0.2) is 0 Å². The zero-order chi connectivity index (χ0) is 22.4. The molecule has 3 aliphatic rings. The maximum absolute atomic E-state index is 12.9. The van der Waals surface area contributed by atoms with Crippen LogP contribution in [0.3, 0.4) is 0 Å². The summed E-state index contributed by atoms with van der Waals surface area (Å²) in [7, 11) is 0. The lowest BCUT2D eigenvalue weighted by Crippen LogP contribution is -2.27. The van der Waals surface area contributed by atoms with Gasteiger partial charge in [-0.05, 0) is 62.3 Å². The number of hydrogen-bond acceptors (Lipinski definition) is 6. The highest BCUT2D eigenvalue weighted by atomic mass is 32.2. The van der Waals surface area contributed by atoms with E-state index in [-0.39, 0.29) is 5.91 Å². The molecular formula is C25H22N2O2S3. The fourth-order valence-corrected chi connectivity index (χ4v) is 6.53. The van der Waals surface area contributed by atoms with Crippen molar-refractivity contribution in [1.29, 1.82) is 0 Å². The molecule has 1 fully saturated rings. The number of fused-ring (bicyclic) bond motifs is 2. The molecule has 2 aromatic carbocycles. The summed E-state index contributed by atoms with van der Waals surface area (Å²) in [5.74, 6) is 1.24. The Kier molecular flexibility index (Phi) is 5.65. The third-order valence-electron chi connectivity index (χ3n) is 5.58. The van der Waals surface area contributed by atoms with Gasteiger partial charge in [0, 0.05) is 23.5 Å². The summed E-state index contributed by atoms with van der Waals surface area (Å²) in [6.07, 6.45) is 4.18. The van der Waals surface area contributed by atoms with Crippen molar-refractivity contribution in [3.8, 4) is 5.75 Å². The number of carbonyl (C=O) groups is 1. The Balaban J connectivity index is 1.63. The molecule has 0 aliphatic carbocycles. The lowest BCUT2D eigenvalue weighted by molar-refractivity contribution is -0.122. The third-order valence-corrected chi connectivity index (χ3v) is 8.13. The molecule has 3 heterocycles. The fourth-order valence-electron chi connectivity index (χ4n) is 3.99. The van der Waals surface area contributed by atoms with Crippen LogP contribution in [0.5, 0.6) is 5.75 Å². The van der Waals surface area contributed by atoms with Crippen LogP contribution in [0, 0.1) is 6.92 Å². The third kappa shape index (κ3) is 3.58. The number of anilines is 1. The number of para-hydroxylation sites is 1. The number of aryl methyl sites for hydroxylation is 1. The Morgan fingerprint density at radius 1 is 1.06 bits per heavy atom. The fraction of sp³-hybridized carbons (Fsp3) is 0.200. The summed E-state index contributed by atoms with van der Waals surface area (Å²) >= 11 is 8.49. The highest BCUT2D eigenvalue weighted by molar-refractivity contribution is 8.26. The van der Waals surface area contributed by atoms with Crippen molar-refractivity contribution in [2.45, 2.75) is 25.7 Å². The molecule has 2 aromatic rings. The maximum Gasteiger partial charge on any atom is 0.269 e.